The van der Waals surface area contributed by atoms with Gasteiger partial charge in [0.05, 0.1) is 5.57 Å². The topological polar surface area (TPSA) is 66.5 Å². The van der Waals surface area contributed by atoms with Crippen molar-refractivity contribution in [3.05, 3.63) is 83.1 Å². The molecule has 2 amide bonds. The summed E-state index contributed by atoms with van der Waals surface area (Å²) in [5, 5.41) is 2.05. The molecule has 0 radical (unpaired) electrons. The van der Waals surface area contributed by atoms with Crippen molar-refractivity contribution < 1.29 is 27.6 Å². The molecular formula is C30H33F3N2O3. The lowest BCUT2D eigenvalue weighted by Gasteiger charge is -2.34. The predicted octanol–water partition coefficient (Wildman–Crippen LogP) is 6.01. The molecule has 0 aromatic heterocycles. The van der Waals surface area contributed by atoms with Crippen molar-refractivity contribution in [2.75, 3.05) is 6.54 Å². The molecule has 1 atom stereocenters. The molecule has 8 heteroatoms. The van der Waals surface area contributed by atoms with E-state index in [0.29, 0.717) is 12.8 Å². The number of rotatable bonds is 9. The first-order chi connectivity index (χ1) is 18.1. The van der Waals surface area contributed by atoms with Gasteiger partial charge >= 0.3 is 6.18 Å². The van der Waals surface area contributed by atoms with Crippen molar-refractivity contribution in [2.24, 2.45) is 5.92 Å². The molecule has 1 heterocycles. The average Bonchev–Trinajstić information content (AvgIpc) is 3.13. The van der Waals surface area contributed by atoms with Crippen LogP contribution in [0.1, 0.15) is 67.8 Å². The standard InChI is InChI=1S/C30H33F3N2O3/c1-21-26(27(37)24-15-9-4-10-16-24)29(30(31,32)33,34-25(36)18-17-22-11-5-2-6-12-22)28(38)35(21)20-19-23-13-7-3-8-14-23/h3-4,7-10,13-16,22H,2,5-6,11-12,17-20H2,1H3,(H,34,36)/t29-/m0/s1. The van der Waals surface area contributed by atoms with Crippen molar-refractivity contribution in [3.63, 3.8) is 0 Å². The molecule has 38 heavy (non-hydrogen) atoms. The zero-order valence-corrected chi connectivity index (χ0v) is 21.5. The fourth-order valence-electron chi connectivity index (χ4n) is 5.62. The Morgan fingerprint density at radius 1 is 0.974 bits per heavy atom. The van der Waals surface area contributed by atoms with Crippen LogP contribution in [0.3, 0.4) is 0 Å². The second-order valence-corrected chi connectivity index (χ2v) is 10.2. The molecule has 5 nitrogen and oxygen atoms in total. The number of Topliss-reactive ketones (excluding diaryl/α,β-unsaturated/α-hetero) is 1. The van der Waals surface area contributed by atoms with E-state index < -0.39 is 34.9 Å². The van der Waals surface area contributed by atoms with Crippen LogP contribution in [0.5, 0.6) is 0 Å². The number of carbonyl (C=O) groups excluding carboxylic acids is 3. The van der Waals surface area contributed by atoms with E-state index in [2.05, 4.69) is 0 Å². The summed E-state index contributed by atoms with van der Waals surface area (Å²) in [7, 11) is 0. The van der Waals surface area contributed by atoms with Gasteiger partial charge in [-0.25, -0.2) is 0 Å². The Bertz CT molecular complexity index is 1190. The fraction of sp³-hybridized carbons (Fsp3) is 0.433. The van der Waals surface area contributed by atoms with Gasteiger partial charge in [-0.1, -0.05) is 92.8 Å². The van der Waals surface area contributed by atoms with Crippen LogP contribution in [0.4, 0.5) is 13.2 Å². The van der Waals surface area contributed by atoms with Gasteiger partial charge in [0.2, 0.25) is 11.4 Å². The molecule has 2 aromatic rings. The van der Waals surface area contributed by atoms with Crippen molar-refractivity contribution >= 4 is 17.6 Å². The quantitative estimate of drug-likeness (QED) is 0.407. The van der Waals surface area contributed by atoms with Crippen molar-refractivity contribution in [3.8, 4) is 0 Å². The Hall–Kier alpha value is -3.42. The van der Waals surface area contributed by atoms with Crippen LogP contribution in [-0.4, -0.2) is 40.8 Å². The molecule has 1 aliphatic heterocycles. The monoisotopic (exact) mass is 526 g/mol. The second-order valence-electron chi connectivity index (χ2n) is 10.2. The van der Waals surface area contributed by atoms with Crippen LogP contribution in [0, 0.1) is 5.92 Å². The average molecular weight is 527 g/mol. The first-order valence-electron chi connectivity index (χ1n) is 13.2. The van der Waals surface area contributed by atoms with Gasteiger partial charge in [-0.3, -0.25) is 14.4 Å². The van der Waals surface area contributed by atoms with E-state index in [-0.39, 0.29) is 30.1 Å². The lowest BCUT2D eigenvalue weighted by atomic mass is 9.83. The van der Waals surface area contributed by atoms with Gasteiger partial charge in [0.25, 0.3) is 5.91 Å². The lowest BCUT2D eigenvalue weighted by Crippen LogP contribution is -2.66. The van der Waals surface area contributed by atoms with E-state index in [1.165, 1.54) is 19.1 Å². The third-order valence-corrected chi connectivity index (χ3v) is 7.69. The van der Waals surface area contributed by atoms with Crippen LogP contribution < -0.4 is 5.32 Å². The van der Waals surface area contributed by atoms with Gasteiger partial charge in [0.15, 0.2) is 5.78 Å². The first-order valence-corrected chi connectivity index (χ1v) is 13.2. The van der Waals surface area contributed by atoms with E-state index in [4.69, 9.17) is 0 Å². The van der Waals surface area contributed by atoms with Crippen LogP contribution in [-0.2, 0) is 16.0 Å². The number of ketones is 1. The molecular weight excluding hydrogens is 493 g/mol. The van der Waals surface area contributed by atoms with Crippen molar-refractivity contribution in [1.29, 1.82) is 0 Å². The number of nitrogens with zero attached hydrogens (tertiary/aromatic N) is 1. The van der Waals surface area contributed by atoms with Crippen LogP contribution in [0.25, 0.3) is 0 Å². The van der Waals surface area contributed by atoms with Crippen LogP contribution in [0.2, 0.25) is 0 Å². The van der Waals surface area contributed by atoms with Crippen LogP contribution in [0.15, 0.2) is 71.9 Å². The summed E-state index contributed by atoms with van der Waals surface area (Å²) in [6.07, 6.45) is 0.496. The summed E-state index contributed by atoms with van der Waals surface area (Å²) in [5.41, 5.74) is -3.41. The molecule has 1 saturated carbocycles. The first kappa shape index (κ1) is 27.6. The molecule has 1 N–H and O–H groups in total. The summed E-state index contributed by atoms with van der Waals surface area (Å²) in [6.45, 7) is 1.29. The molecule has 1 aliphatic carbocycles. The second kappa shape index (κ2) is 11.5. The summed E-state index contributed by atoms with van der Waals surface area (Å²) < 4.78 is 45.0. The van der Waals surface area contributed by atoms with E-state index in [1.807, 2.05) is 23.5 Å². The molecule has 1 fully saturated rings. The van der Waals surface area contributed by atoms with E-state index in [1.54, 1.807) is 30.3 Å². The minimum absolute atomic E-state index is 0.0182. The Morgan fingerprint density at radius 2 is 1.58 bits per heavy atom. The highest BCUT2D eigenvalue weighted by Crippen LogP contribution is 2.46. The summed E-state index contributed by atoms with van der Waals surface area (Å²) in [4.78, 5) is 41.3. The van der Waals surface area contributed by atoms with E-state index in [0.717, 1.165) is 42.6 Å². The number of hydrogen-bond acceptors (Lipinski definition) is 3. The Kier molecular flexibility index (Phi) is 8.38. The highest BCUT2D eigenvalue weighted by Gasteiger charge is 2.70. The largest absolute Gasteiger partial charge is 0.425 e. The van der Waals surface area contributed by atoms with Gasteiger partial charge < -0.3 is 10.2 Å². The highest BCUT2D eigenvalue weighted by atomic mass is 19.4. The SMILES string of the molecule is CC1=C(C(=O)c2ccccc2)[C@@](NC(=O)CCC2CCCCC2)(C(F)(F)F)C(=O)N1CCc1ccccc1. The van der Waals surface area contributed by atoms with Crippen LogP contribution >= 0.6 is 0 Å². The summed E-state index contributed by atoms with van der Waals surface area (Å²) in [5.74, 6) is -2.87. The summed E-state index contributed by atoms with van der Waals surface area (Å²) >= 11 is 0. The van der Waals surface area contributed by atoms with Gasteiger partial charge in [0, 0.05) is 24.2 Å². The molecule has 4 rings (SSSR count). The lowest BCUT2D eigenvalue weighted by molar-refractivity contribution is -0.193. The molecule has 0 spiro atoms. The molecule has 202 valence electrons. The van der Waals surface area contributed by atoms with Gasteiger partial charge in [-0.15, -0.1) is 0 Å². The van der Waals surface area contributed by atoms with E-state index >= 15 is 13.2 Å². The Morgan fingerprint density at radius 3 is 2.18 bits per heavy atom. The maximum Gasteiger partial charge on any atom is 0.425 e. The third-order valence-electron chi connectivity index (χ3n) is 7.69. The maximum atomic E-state index is 15.0. The Labute approximate surface area is 221 Å². The zero-order chi connectivity index (χ0) is 27.3. The summed E-state index contributed by atoms with van der Waals surface area (Å²) in [6, 6.07) is 16.6. The number of allylic oxidation sites excluding steroid dienone is 1. The highest BCUT2D eigenvalue weighted by molar-refractivity contribution is 6.19. The molecule has 0 bridgehead atoms. The van der Waals surface area contributed by atoms with Gasteiger partial charge in [-0.2, -0.15) is 13.2 Å². The molecule has 0 unspecified atom stereocenters. The third kappa shape index (κ3) is 5.54. The van der Waals surface area contributed by atoms with Gasteiger partial charge in [0.1, 0.15) is 0 Å². The number of benzene rings is 2. The number of nitrogens with one attached hydrogen (secondary N) is 1. The van der Waals surface area contributed by atoms with Gasteiger partial charge in [-0.05, 0) is 31.2 Å². The normalized spacial score (nSPS) is 20.6. The maximum absolute atomic E-state index is 15.0. The Balaban J connectivity index is 1.69. The minimum atomic E-state index is -5.23. The van der Waals surface area contributed by atoms with Crippen molar-refractivity contribution in [2.45, 2.75) is 70.0 Å². The number of alkyl halides is 3. The number of carbonyl (C=O) groups is 3. The van der Waals surface area contributed by atoms with Crippen molar-refractivity contribution in [1.82, 2.24) is 10.2 Å². The molecule has 2 aromatic carbocycles. The number of hydrogen-bond donors (Lipinski definition) is 1. The smallest absolute Gasteiger partial charge is 0.330 e. The fourth-order valence-corrected chi connectivity index (χ4v) is 5.62. The predicted molar refractivity (Wildman–Crippen MR) is 138 cm³/mol. The van der Waals surface area contributed by atoms with E-state index in [9.17, 15) is 14.4 Å². The number of amides is 2. The zero-order valence-electron chi connectivity index (χ0n) is 21.5. The molecule has 2 aliphatic rings. The number of halogens is 3. The minimum Gasteiger partial charge on any atom is -0.330 e. The molecule has 0 saturated heterocycles.